The van der Waals surface area contributed by atoms with Crippen molar-refractivity contribution in [3.63, 3.8) is 0 Å². The Kier molecular flexibility index (Phi) is 4.01. The van der Waals surface area contributed by atoms with Crippen LogP contribution in [0.4, 0.5) is 4.79 Å². The molecular formula is C16H19N5O2. The average molecular weight is 313 g/mol. The van der Waals surface area contributed by atoms with Crippen molar-refractivity contribution in [3.05, 3.63) is 31.4 Å². The number of carbonyl (C=O) groups excluding carboxylic acids is 1. The molecule has 0 aliphatic heterocycles. The van der Waals surface area contributed by atoms with E-state index in [0.717, 1.165) is 27.8 Å². The zero-order valence-electron chi connectivity index (χ0n) is 13.2. The fourth-order valence-electron chi connectivity index (χ4n) is 2.43. The van der Waals surface area contributed by atoms with Crippen molar-refractivity contribution in [2.75, 3.05) is 6.54 Å². The van der Waals surface area contributed by atoms with E-state index < -0.39 is 6.09 Å². The summed E-state index contributed by atoms with van der Waals surface area (Å²) in [5.41, 5.74) is 3.42. The molecule has 0 aliphatic carbocycles. The lowest BCUT2D eigenvalue weighted by atomic mass is 10.2. The van der Waals surface area contributed by atoms with Gasteiger partial charge in [-0.1, -0.05) is 6.58 Å². The Hall–Kier alpha value is -2.83. The SMILES string of the molecule is C=C(CCNC(=O)OC(C)C)n1cnc2cnc3[nH]ccc3c21. The summed E-state index contributed by atoms with van der Waals surface area (Å²) < 4.78 is 6.96. The van der Waals surface area contributed by atoms with Crippen LogP contribution >= 0.6 is 0 Å². The number of nitrogens with zero attached hydrogens (tertiary/aromatic N) is 3. The van der Waals surface area contributed by atoms with Crippen LogP contribution in [0.25, 0.3) is 27.8 Å². The number of H-pyrrole nitrogens is 1. The second kappa shape index (κ2) is 6.12. The number of aromatic nitrogens is 4. The number of fused-ring (bicyclic) bond motifs is 3. The third kappa shape index (κ3) is 3.03. The topological polar surface area (TPSA) is 84.8 Å². The summed E-state index contributed by atoms with van der Waals surface area (Å²) in [5, 5.41) is 3.71. The molecule has 0 unspecified atom stereocenters. The van der Waals surface area contributed by atoms with Gasteiger partial charge in [0.05, 0.1) is 17.8 Å². The van der Waals surface area contributed by atoms with E-state index in [1.165, 1.54) is 0 Å². The fourth-order valence-corrected chi connectivity index (χ4v) is 2.43. The van der Waals surface area contributed by atoms with Crippen LogP contribution in [0.2, 0.25) is 0 Å². The van der Waals surface area contributed by atoms with E-state index in [0.29, 0.717) is 13.0 Å². The van der Waals surface area contributed by atoms with Crippen LogP contribution in [-0.2, 0) is 4.74 Å². The summed E-state index contributed by atoms with van der Waals surface area (Å²) in [5.74, 6) is 0. The Morgan fingerprint density at radius 2 is 2.30 bits per heavy atom. The Bertz CT molecular complexity index is 862. The van der Waals surface area contributed by atoms with Crippen molar-refractivity contribution in [3.8, 4) is 0 Å². The van der Waals surface area contributed by atoms with Gasteiger partial charge in [-0.3, -0.25) is 0 Å². The third-order valence-electron chi connectivity index (χ3n) is 3.46. The molecule has 0 spiro atoms. The van der Waals surface area contributed by atoms with Gasteiger partial charge >= 0.3 is 6.09 Å². The molecule has 3 heterocycles. The largest absolute Gasteiger partial charge is 0.447 e. The molecule has 0 aliphatic rings. The van der Waals surface area contributed by atoms with E-state index in [4.69, 9.17) is 4.74 Å². The van der Waals surface area contributed by atoms with Gasteiger partial charge in [0.25, 0.3) is 0 Å². The van der Waals surface area contributed by atoms with Crippen LogP contribution < -0.4 is 5.32 Å². The number of rotatable bonds is 5. The van der Waals surface area contributed by atoms with Crippen LogP contribution in [0.5, 0.6) is 0 Å². The maximum absolute atomic E-state index is 11.5. The first-order valence-electron chi connectivity index (χ1n) is 7.48. The molecule has 120 valence electrons. The van der Waals surface area contributed by atoms with Crippen molar-refractivity contribution in [1.82, 2.24) is 24.8 Å². The van der Waals surface area contributed by atoms with E-state index in [1.54, 1.807) is 12.5 Å². The number of imidazole rings is 1. The van der Waals surface area contributed by atoms with E-state index >= 15 is 0 Å². The first-order chi connectivity index (χ1) is 11.1. The number of carbonyl (C=O) groups is 1. The third-order valence-corrected chi connectivity index (χ3v) is 3.46. The predicted molar refractivity (Wildman–Crippen MR) is 89.0 cm³/mol. The summed E-state index contributed by atoms with van der Waals surface area (Å²) in [7, 11) is 0. The lowest BCUT2D eigenvalue weighted by Gasteiger charge is -2.11. The minimum absolute atomic E-state index is 0.134. The normalized spacial score (nSPS) is 11.3. The van der Waals surface area contributed by atoms with Crippen LogP contribution in [0, 0.1) is 0 Å². The van der Waals surface area contributed by atoms with Crippen molar-refractivity contribution >= 4 is 33.9 Å². The molecule has 3 rings (SSSR count). The minimum atomic E-state index is -0.416. The highest BCUT2D eigenvalue weighted by atomic mass is 16.6. The number of hydrogen-bond donors (Lipinski definition) is 2. The number of hydrogen-bond acceptors (Lipinski definition) is 4. The first kappa shape index (κ1) is 15.1. The highest BCUT2D eigenvalue weighted by Gasteiger charge is 2.11. The van der Waals surface area contributed by atoms with Crippen molar-refractivity contribution in [2.45, 2.75) is 26.4 Å². The Morgan fingerprint density at radius 1 is 1.48 bits per heavy atom. The first-order valence-corrected chi connectivity index (χ1v) is 7.48. The number of pyridine rings is 1. The average Bonchev–Trinajstić information content (AvgIpc) is 3.11. The van der Waals surface area contributed by atoms with Gasteiger partial charge in [-0.25, -0.2) is 14.8 Å². The van der Waals surface area contributed by atoms with Gasteiger partial charge in [0.15, 0.2) is 0 Å². The summed E-state index contributed by atoms with van der Waals surface area (Å²) in [6, 6.07) is 1.97. The molecule has 23 heavy (non-hydrogen) atoms. The number of amides is 1. The van der Waals surface area contributed by atoms with Crippen molar-refractivity contribution < 1.29 is 9.53 Å². The van der Waals surface area contributed by atoms with Gasteiger partial charge in [-0.15, -0.1) is 0 Å². The quantitative estimate of drug-likeness (QED) is 0.758. The molecule has 3 aromatic rings. The monoisotopic (exact) mass is 313 g/mol. The molecular weight excluding hydrogens is 294 g/mol. The molecule has 3 aromatic heterocycles. The second-order valence-corrected chi connectivity index (χ2v) is 5.54. The summed E-state index contributed by atoms with van der Waals surface area (Å²) in [6.07, 6.45) is 5.35. The number of nitrogens with one attached hydrogen (secondary N) is 2. The van der Waals surface area contributed by atoms with Crippen LogP contribution in [0.1, 0.15) is 20.3 Å². The molecule has 0 radical (unpaired) electrons. The van der Waals surface area contributed by atoms with E-state index in [1.807, 2.05) is 30.7 Å². The van der Waals surface area contributed by atoms with Crippen molar-refractivity contribution in [1.29, 1.82) is 0 Å². The van der Waals surface area contributed by atoms with Gasteiger partial charge in [0.1, 0.15) is 17.5 Å². The van der Waals surface area contributed by atoms with Gasteiger partial charge in [-0.2, -0.15) is 0 Å². The van der Waals surface area contributed by atoms with Gasteiger partial charge < -0.3 is 19.6 Å². The van der Waals surface area contributed by atoms with Crippen LogP contribution in [0.15, 0.2) is 31.4 Å². The minimum Gasteiger partial charge on any atom is -0.447 e. The van der Waals surface area contributed by atoms with E-state index in [2.05, 4.69) is 26.8 Å². The molecule has 2 N–H and O–H groups in total. The molecule has 0 atom stereocenters. The zero-order valence-corrected chi connectivity index (χ0v) is 13.2. The highest BCUT2D eigenvalue weighted by Crippen LogP contribution is 2.24. The van der Waals surface area contributed by atoms with Crippen LogP contribution in [0.3, 0.4) is 0 Å². The van der Waals surface area contributed by atoms with Gasteiger partial charge in [0, 0.05) is 30.2 Å². The van der Waals surface area contributed by atoms with E-state index in [-0.39, 0.29) is 6.10 Å². The zero-order chi connectivity index (χ0) is 16.4. The predicted octanol–water partition coefficient (Wildman–Crippen LogP) is 2.91. The maximum atomic E-state index is 11.5. The molecule has 1 amide bonds. The summed E-state index contributed by atoms with van der Waals surface area (Å²) >= 11 is 0. The number of alkyl carbamates (subject to hydrolysis) is 1. The summed E-state index contributed by atoms with van der Waals surface area (Å²) in [6.45, 7) is 8.17. The lowest BCUT2D eigenvalue weighted by Crippen LogP contribution is -2.28. The molecule has 0 aromatic carbocycles. The Labute approximate surface area is 133 Å². The molecule has 0 bridgehead atoms. The van der Waals surface area contributed by atoms with Gasteiger partial charge in [-0.05, 0) is 19.9 Å². The highest BCUT2D eigenvalue weighted by molar-refractivity contribution is 6.02. The summed E-state index contributed by atoms with van der Waals surface area (Å²) in [4.78, 5) is 23.3. The Balaban J connectivity index is 1.74. The number of aromatic amines is 1. The Morgan fingerprint density at radius 3 is 3.09 bits per heavy atom. The van der Waals surface area contributed by atoms with Crippen molar-refractivity contribution in [2.24, 2.45) is 0 Å². The molecule has 0 fully saturated rings. The number of ether oxygens (including phenoxy) is 1. The fraction of sp³-hybridized carbons (Fsp3) is 0.312. The molecule has 7 heteroatoms. The van der Waals surface area contributed by atoms with E-state index in [9.17, 15) is 4.79 Å². The second-order valence-electron chi connectivity index (χ2n) is 5.54. The van der Waals surface area contributed by atoms with Gasteiger partial charge in [0.2, 0.25) is 0 Å². The molecule has 7 nitrogen and oxygen atoms in total. The smallest absolute Gasteiger partial charge is 0.407 e. The molecule has 0 saturated heterocycles. The molecule has 0 saturated carbocycles. The lowest BCUT2D eigenvalue weighted by molar-refractivity contribution is 0.116. The maximum Gasteiger partial charge on any atom is 0.407 e. The standard InChI is InChI=1S/C16H19N5O2/c1-10(2)23-16(22)18-6-4-11(3)21-9-20-13-8-19-15-12(14(13)21)5-7-17-15/h5,7-10H,3-4,6H2,1-2H3,(H,17,19)(H,18,22). The van der Waals surface area contributed by atoms with Crippen LogP contribution in [-0.4, -0.2) is 38.3 Å².